The summed E-state index contributed by atoms with van der Waals surface area (Å²) in [5.41, 5.74) is -0.672. The summed E-state index contributed by atoms with van der Waals surface area (Å²) in [7, 11) is 0. The Kier molecular flexibility index (Phi) is 16.2. The van der Waals surface area contributed by atoms with Crippen LogP contribution in [0.1, 0.15) is 79.6 Å². The standard InChI is InChI=1S/C11H18N2O3.C10H18O2.Na/c1-4-6-7(3)11(5-2)8(14)12-10(16)13-9(11)15;1-4-5-6-7-8-12-10(11)9(2)3;/h7H,4-6H2,1-3H3,(H2,12,13,14,15,16);2,4-8H2,1,3H3;/q;;+1/p-1. The molecular formula is C21H35N2NaO5. The van der Waals surface area contributed by atoms with Crippen molar-refractivity contribution in [3.63, 3.8) is 0 Å². The second-order valence-electron chi connectivity index (χ2n) is 7.17. The van der Waals surface area contributed by atoms with Gasteiger partial charge in [0.25, 0.3) is 5.91 Å². The number of carbonyl (C=O) groups is 3. The number of aliphatic imine (C=N–C) groups is 1. The van der Waals surface area contributed by atoms with Gasteiger partial charge in [0.2, 0.25) is 5.91 Å². The second kappa shape index (κ2) is 15.6. The maximum Gasteiger partial charge on any atom is 1.00 e. The van der Waals surface area contributed by atoms with Gasteiger partial charge in [-0.3, -0.25) is 9.59 Å². The molecule has 8 heteroatoms. The average molecular weight is 419 g/mol. The Morgan fingerprint density at radius 1 is 1.21 bits per heavy atom. The van der Waals surface area contributed by atoms with Gasteiger partial charge in [-0.25, -0.2) is 9.79 Å². The second-order valence-corrected chi connectivity index (χ2v) is 7.17. The van der Waals surface area contributed by atoms with Crippen LogP contribution in [-0.4, -0.2) is 30.4 Å². The maximum atomic E-state index is 11.9. The number of hydrogen-bond acceptors (Lipinski definition) is 5. The fraction of sp³-hybridized carbons (Fsp3) is 0.714. The fourth-order valence-corrected chi connectivity index (χ4v) is 3.12. The van der Waals surface area contributed by atoms with Crippen molar-refractivity contribution in [2.24, 2.45) is 16.3 Å². The van der Waals surface area contributed by atoms with Crippen LogP contribution >= 0.6 is 0 Å². The summed E-state index contributed by atoms with van der Waals surface area (Å²) in [5, 5.41) is 13.1. The molecule has 1 rings (SSSR count). The summed E-state index contributed by atoms with van der Waals surface area (Å²) in [4.78, 5) is 37.9. The van der Waals surface area contributed by atoms with Gasteiger partial charge in [-0.2, -0.15) is 0 Å². The van der Waals surface area contributed by atoms with Gasteiger partial charge in [0, 0.05) is 5.57 Å². The minimum Gasteiger partial charge on any atom is -0.846 e. The molecular weight excluding hydrogens is 383 g/mol. The molecule has 0 aliphatic carbocycles. The van der Waals surface area contributed by atoms with Gasteiger partial charge in [-0.1, -0.05) is 60.0 Å². The summed E-state index contributed by atoms with van der Waals surface area (Å²) < 4.78 is 4.91. The van der Waals surface area contributed by atoms with Crippen molar-refractivity contribution in [3.05, 3.63) is 12.2 Å². The van der Waals surface area contributed by atoms with Crippen LogP contribution in [0.25, 0.3) is 0 Å². The van der Waals surface area contributed by atoms with Crippen LogP contribution in [0.3, 0.4) is 0 Å². The molecule has 0 bridgehead atoms. The topological polar surface area (TPSA) is 108 Å². The van der Waals surface area contributed by atoms with E-state index in [4.69, 9.17) is 4.74 Å². The Hall–Kier alpha value is -1.18. The van der Waals surface area contributed by atoms with E-state index >= 15 is 0 Å². The summed E-state index contributed by atoms with van der Waals surface area (Å²) in [6.45, 7) is 13.5. The van der Waals surface area contributed by atoms with Gasteiger partial charge in [-0.15, -0.1) is 0 Å². The number of nitrogens with one attached hydrogen (secondary N) is 1. The van der Waals surface area contributed by atoms with Crippen molar-refractivity contribution >= 4 is 23.8 Å². The minimum atomic E-state index is -1.15. The summed E-state index contributed by atoms with van der Waals surface area (Å²) >= 11 is 0. The van der Waals surface area contributed by atoms with Gasteiger partial charge in [0.1, 0.15) is 5.41 Å². The molecule has 0 radical (unpaired) electrons. The van der Waals surface area contributed by atoms with E-state index in [9.17, 15) is 19.5 Å². The predicted molar refractivity (Wildman–Crippen MR) is 107 cm³/mol. The van der Waals surface area contributed by atoms with Crippen LogP contribution in [0.4, 0.5) is 0 Å². The predicted octanol–water partition coefficient (Wildman–Crippen LogP) is -0.118. The molecule has 2 unspecified atom stereocenters. The molecule has 0 saturated carbocycles. The molecule has 2 atom stereocenters. The zero-order valence-electron chi connectivity index (χ0n) is 18.9. The molecule has 0 saturated heterocycles. The molecule has 1 aliphatic rings. The monoisotopic (exact) mass is 418 g/mol. The Balaban J connectivity index is 0. The first-order valence-corrected chi connectivity index (χ1v) is 10.1. The summed E-state index contributed by atoms with van der Waals surface area (Å²) in [5.74, 6) is -1.47. The maximum absolute atomic E-state index is 11.9. The van der Waals surface area contributed by atoms with E-state index in [1.165, 1.54) is 12.8 Å². The molecule has 0 fully saturated rings. The number of nitrogens with zero attached hydrogens (tertiary/aromatic N) is 1. The van der Waals surface area contributed by atoms with E-state index in [0.717, 1.165) is 25.7 Å². The summed E-state index contributed by atoms with van der Waals surface area (Å²) in [6, 6.07) is -0.845. The van der Waals surface area contributed by atoms with Crippen molar-refractivity contribution in [2.45, 2.75) is 79.6 Å². The van der Waals surface area contributed by atoms with Gasteiger partial charge >= 0.3 is 35.5 Å². The van der Waals surface area contributed by atoms with Gasteiger partial charge in [0.15, 0.2) is 0 Å². The molecule has 0 spiro atoms. The van der Waals surface area contributed by atoms with Crippen LogP contribution in [0, 0.1) is 11.3 Å². The molecule has 29 heavy (non-hydrogen) atoms. The van der Waals surface area contributed by atoms with Crippen molar-refractivity contribution in [1.29, 1.82) is 0 Å². The van der Waals surface area contributed by atoms with Crippen LogP contribution < -0.4 is 40.0 Å². The molecule has 7 nitrogen and oxygen atoms in total. The van der Waals surface area contributed by atoms with E-state index in [0.29, 0.717) is 18.6 Å². The van der Waals surface area contributed by atoms with E-state index in [1.54, 1.807) is 13.8 Å². The number of carbonyl (C=O) groups excluding carboxylic acids is 3. The van der Waals surface area contributed by atoms with Gasteiger partial charge in [-0.05, 0) is 32.1 Å². The number of amides is 2. The molecule has 1 N–H and O–H groups in total. The van der Waals surface area contributed by atoms with Crippen LogP contribution in [0.2, 0.25) is 0 Å². The molecule has 160 valence electrons. The SMILES string of the molecule is C=C(C)C(=O)OCCCCCC.CCCC(C)C1(CC)C(=O)N=C([O-])NC1=O.[Na+]. The van der Waals surface area contributed by atoms with Crippen LogP contribution in [-0.2, 0) is 19.1 Å². The smallest absolute Gasteiger partial charge is 0.846 e. The third kappa shape index (κ3) is 9.45. The van der Waals surface area contributed by atoms with Gasteiger partial charge in [0.05, 0.1) is 12.6 Å². The van der Waals surface area contributed by atoms with Crippen molar-refractivity contribution in [3.8, 4) is 0 Å². The number of ether oxygens (including phenoxy) is 1. The normalized spacial score (nSPS) is 19.0. The summed E-state index contributed by atoms with van der Waals surface area (Å²) in [6.07, 6.45) is 6.54. The first-order valence-electron chi connectivity index (χ1n) is 10.1. The number of esters is 1. The number of rotatable bonds is 10. The number of amidine groups is 1. The van der Waals surface area contributed by atoms with Crippen molar-refractivity contribution < 1.29 is 53.8 Å². The van der Waals surface area contributed by atoms with Crippen molar-refractivity contribution in [2.75, 3.05) is 6.61 Å². The molecule has 0 aromatic carbocycles. The Morgan fingerprint density at radius 3 is 2.28 bits per heavy atom. The molecule has 1 aliphatic heterocycles. The first-order chi connectivity index (χ1) is 13.2. The molecule has 2 amide bonds. The Bertz CT molecular complexity index is 592. The number of unbranched alkanes of at least 4 members (excludes halogenated alkanes) is 3. The largest absolute Gasteiger partial charge is 1.00 e. The van der Waals surface area contributed by atoms with Crippen LogP contribution in [0.5, 0.6) is 0 Å². The molecule has 0 aromatic rings. The van der Waals surface area contributed by atoms with Crippen molar-refractivity contribution in [1.82, 2.24) is 5.32 Å². The Morgan fingerprint density at radius 2 is 1.83 bits per heavy atom. The van der Waals surface area contributed by atoms with E-state index in [1.807, 2.05) is 13.8 Å². The fourth-order valence-electron chi connectivity index (χ4n) is 3.12. The minimum absolute atomic E-state index is 0. The quantitative estimate of drug-likeness (QED) is 0.175. The van der Waals surface area contributed by atoms with Crippen LogP contribution in [0.15, 0.2) is 17.1 Å². The van der Waals surface area contributed by atoms with E-state index in [2.05, 4.69) is 23.8 Å². The Labute approximate surface area is 197 Å². The third-order valence-corrected chi connectivity index (χ3v) is 4.91. The molecule has 1 heterocycles. The van der Waals surface area contributed by atoms with E-state index < -0.39 is 23.3 Å². The number of hydrogen-bond donors (Lipinski definition) is 1. The van der Waals surface area contributed by atoms with Gasteiger partial charge < -0.3 is 15.2 Å². The first kappa shape index (κ1) is 30.0. The van der Waals surface area contributed by atoms with E-state index in [-0.39, 0.29) is 41.4 Å². The molecule has 0 aromatic heterocycles. The zero-order chi connectivity index (χ0) is 21.7. The average Bonchev–Trinajstić information content (AvgIpc) is 2.62. The third-order valence-electron chi connectivity index (χ3n) is 4.91. The zero-order valence-corrected chi connectivity index (χ0v) is 20.9.